The minimum absolute atomic E-state index is 0.126. The molecule has 0 aliphatic carbocycles. The van der Waals surface area contributed by atoms with Crippen LogP contribution in [0.2, 0.25) is 0 Å². The summed E-state index contributed by atoms with van der Waals surface area (Å²) in [6.07, 6.45) is 0. The van der Waals surface area contributed by atoms with Crippen LogP contribution in [0, 0.1) is 3.57 Å². The van der Waals surface area contributed by atoms with E-state index in [1.165, 1.54) is 6.07 Å². The summed E-state index contributed by atoms with van der Waals surface area (Å²) in [6.45, 7) is 6.06. The molecule has 0 saturated heterocycles. The van der Waals surface area contributed by atoms with Crippen LogP contribution in [0.4, 0.5) is 5.69 Å². The van der Waals surface area contributed by atoms with Crippen LogP contribution in [-0.4, -0.2) is 5.11 Å². The van der Waals surface area contributed by atoms with Crippen LogP contribution in [0.1, 0.15) is 26.3 Å². The summed E-state index contributed by atoms with van der Waals surface area (Å²) < 4.78 is 0.841. The Morgan fingerprint density at radius 2 is 2.00 bits per heavy atom. The van der Waals surface area contributed by atoms with Crippen LogP contribution in [-0.2, 0) is 5.41 Å². The van der Waals surface area contributed by atoms with Crippen molar-refractivity contribution in [3.8, 4) is 5.75 Å². The number of azide groups is 1. The molecule has 80 valence electrons. The van der Waals surface area contributed by atoms with Crippen LogP contribution >= 0.6 is 22.6 Å². The van der Waals surface area contributed by atoms with Crippen LogP contribution < -0.4 is 0 Å². The molecule has 0 fully saturated rings. The molecule has 0 saturated carbocycles. The fourth-order valence-electron chi connectivity index (χ4n) is 1.28. The minimum atomic E-state index is -0.126. The van der Waals surface area contributed by atoms with E-state index in [9.17, 15) is 5.11 Å². The van der Waals surface area contributed by atoms with E-state index < -0.39 is 0 Å². The predicted molar refractivity (Wildman–Crippen MR) is 68.3 cm³/mol. The van der Waals surface area contributed by atoms with Crippen molar-refractivity contribution in [1.82, 2.24) is 0 Å². The Bertz CT molecular complexity index is 431. The van der Waals surface area contributed by atoms with E-state index in [1.807, 2.05) is 26.8 Å². The molecule has 0 unspecified atom stereocenters. The lowest BCUT2D eigenvalue weighted by Crippen LogP contribution is -2.11. The number of hydrogen-bond donors (Lipinski definition) is 1. The fourth-order valence-corrected chi connectivity index (χ4v) is 1.85. The number of benzene rings is 1. The normalized spacial score (nSPS) is 10.9. The van der Waals surface area contributed by atoms with E-state index in [2.05, 4.69) is 32.6 Å². The zero-order valence-electron chi connectivity index (χ0n) is 8.82. The van der Waals surface area contributed by atoms with Gasteiger partial charge in [0.2, 0.25) is 0 Å². The second kappa shape index (κ2) is 4.28. The van der Waals surface area contributed by atoms with Gasteiger partial charge in [-0.05, 0) is 45.7 Å². The molecule has 4 nitrogen and oxygen atoms in total. The van der Waals surface area contributed by atoms with Gasteiger partial charge in [0.05, 0.1) is 5.69 Å². The van der Waals surface area contributed by atoms with E-state index in [-0.39, 0.29) is 11.2 Å². The molecule has 0 aliphatic heterocycles. The van der Waals surface area contributed by atoms with Crippen LogP contribution in [0.25, 0.3) is 10.4 Å². The number of hydrogen-bond acceptors (Lipinski definition) is 2. The van der Waals surface area contributed by atoms with Gasteiger partial charge in [-0.15, -0.1) is 0 Å². The Balaban J connectivity index is 3.38. The van der Waals surface area contributed by atoms with Gasteiger partial charge in [0, 0.05) is 14.0 Å². The molecule has 0 aliphatic rings. The van der Waals surface area contributed by atoms with Crippen LogP contribution in [0.15, 0.2) is 17.2 Å². The summed E-state index contributed by atoms with van der Waals surface area (Å²) in [5, 5.41) is 13.3. The van der Waals surface area contributed by atoms with Gasteiger partial charge in [-0.2, -0.15) is 0 Å². The molecule has 0 radical (unpaired) electrons. The molecular formula is C10H12IN3O. The second-order valence-corrected chi connectivity index (χ2v) is 5.42. The topological polar surface area (TPSA) is 69.0 Å². The van der Waals surface area contributed by atoms with Crippen molar-refractivity contribution in [2.45, 2.75) is 26.2 Å². The van der Waals surface area contributed by atoms with Gasteiger partial charge in [0.15, 0.2) is 0 Å². The smallest absolute Gasteiger partial charge is 0.119 e. The highest BCUT2D eigenvalue weighted by Gasteiger charge is 2.19. The summed E-state index contributed by atoms with van der Waals surface area (Å²) in [6, 6.07) is 3.35. The first-order valence-electron chi connectivity index (χ1n) is 4.44. The zero-order chi connectivity index (χ0) is 11.6. The van der Waals surface area contributed by atoms with Gasteiger partial charge in [0.1, 0.15) is 5.75 Å². The Labute approximate surface area is 102 Å². The summed E-state index contributed by atoms with van der Waals surface area (Å²) in [5.74, 6) is 0.172. The average molecular weight is 317 g/mol. The molecule has 1 aromatic carbocycles. The molecule has 0 spiro atoms. The third kappa shape index (κ3) is 2.76. The van der Waals surface area contributed by atoms with E-state index in [4.69, 9.17) is 5.53 Å². The van der Waals surface area contributed by atoms with Crippen molar-refractivity contribution in [3.05, 3.63) is 31.7 Å². The maximum absolute atomic E-state index is 9.79. The van der Waals surface area contributed by atoms with Crippen molar-refractivity contribution in [2.24, 2.45) is 5.11 Å². The molecule has 0 bridgehead atoms. The fraction of sp³-hybridized carbons (Fsp3) is 0.400. The molecule has 1 rings (SSSR count). The van der Waals surface area contributed by atoms with E-state index >= 15 is 0 Å². The molecule has 1 N–H and O–H groups in total. The highest BCUT2D eigenvalue weighted by Crippen LogP contribution is 2.36. The van der Waals surface area contributed by atoms with Crippen molar-refractivity contribution in [3.63, 3.8) is 0 Å². The third-order valence-corrected chi connectivity index (χ3v) is 2.89. The lowest BCUT2D eigenvalue weighted by atomic mass is 9.86. The van der Waals surface area contributed by atoms with E-state index in [0.29, 0.717) is 5.69 Å². The largest absolute Gasteiger partial charge is 0.508 e. The molecule has 0 amide bonds. The Morgan fingerprint density at radius 3 is 2.47 bits per heavy atom. The predicted octanol–water partition coefficient (Wildman–Crippen LogP) is 4.24. The SMILES string of the molecule is CC(C)(C)c1cc(I)c(N=[N+]=[N-])cc1O. The first-order valence-corrected chi connectivity index (χ1v) is 5.52. The van der Waals surface area contributed by atoms with Crippen molar-refractivity contribution in [2.75, 3.05) is 0 Å². The van der Waals surface area contributed by atoms with Crippen molar-refractivity contribution >= 4 is 28.3 Å². The summed E-state index contributed by atoms with van der Waals surface area (Å²) in [7, 11) is 0. The number of halogens is 1. The van der Waals surface area contributed by atoms with Crippen LogP contribution in [0.3, 0.4) is 0 Å². The molecule has 15 heavy (non-hydrogen) atoms. The van der Waals surface area contributed by atoms with Gasteiger partial charge in [-0.3, -0.25) is 0 Å². The molecule has 0 atom stereocenters. The number of rotatable bonds is 1. The lowest BCUT2D eigenvalue weighted by molar-refractivity contribution is 0.446. The summed E-state index contributed by atoms with van der Waals surface area (Å²) in [5.41, 5.74) is 9.52. The Kier molecular flexibility index (Phi) is 3.46. The first kappa shape index (κ1) is 12.1. The quantitative estimate of drug-likeness (QED) is 0.358. The van der Waals surface area contributed by atoms with Gasteiger partial charge in [-0.1, -0.05) is 25.9 Å². The van der Waals surface area contributed by atoms with E-state index in [0.717, 1.165) is 9.13 Å². The van der Waals surface area contributed by atoms with Crippen molar-refractivity contribution in [1.29, 1.82) is 0 Å². The lowest BCUT2D eigenvalue weighted by Gasteiger charge is -2.21. The molecule has 0 aromatic heterocycles. The number of aromatic hydroxyl groups is 1. The molecular weight excluding hydrogens is 305 g/mol. The number of phenols is 1. The average Bonchev–Trinajstić information content (AvgIpc) is 2.09. The maximum Gasteiger partial charge on any atom is 0.119 e. The van der Waals surface area contributed by atoms with Gasteiger partial charge in [-0.25, -0.2) is 0 Å². The van der Waals surface area contributed by atoms with E-state index in [1.54, 1.807) is 0 Å². The Hall–Kier alpha value is -0.940. The monoisotopic (exact) mass is 317 g/mol. The summed E-state index contributed by atoms with van der Waals surface area (Å²) >= 11 is 2.09. The highest BCUT2D eigenvalue weighted by molar-refractivity contribution is 14.1. The molecule has 5 heteroatoms. The molecule has 0 heterocycles. The zero-order valence-corrected chi connectivity index (χ0v) is 11.0. The van der Waals surface area contributed by atoms with Crippen molar-refractivity contribution < 1.29 is 5.11 Å². The maximum atomic E-state index is 9.79. The van der Waals surface area contributed by atoms with Gasteiger partial charge in [0.25, 0.3) is 0 Å². The number of nitrogens with zero attached hydrogens (tertiary/aromatic N) is 3. The third-order valence-electron chi connectivity index (χ3n) is 2.03. The highest BCUT2D eigenvalue weighted by atomic mass is 127. The molecule has 1 aromatic rings. The van der Waals surface area contributed by atoms with Crippen LogP contribution in [0.5, 0.6) is 5.75 Å². The van der Waals surface area contributed by atoms with Gasteiger partial charge < -0.3 is 5.11 Å². The Morgan fingerprint density at radius 1 is 1.40 bits per heavy atom. The first-order chi connectivity index (χ1) is 6.86. The number of phenolic OH excluding ortho intramolecular Hbond substituents is 1. The minimum Gasteiger partial charge on any atom is -0.508 e. The second-order valence-electron chi connectivity index (χ2n) is 4.26. The standard InChI is InChI=1S/C10H12IN3O/c1-10(2,3)6-4-7(11)8(13-14-12)5-9(6)15/h4-5,15H,1-3H3. The van der Waals surface area contributed by atoms with Gasteiger partial charge >= 0.3 is 0 Å². The summed E-state index contributed by atoms with van der Waals surface area (Å²) in [4.78, 5) is 2.71.